The largest absolute Gasteiger partial charge is 0.379 e. The summed E-state index contributed by atoms with van der Waals surface area (Å²) in [4.78, 5) is 17.4. The van der Waals surface area contributed by atoms with Gasteiger partial charge in [0.1, 0.15) is 0 Å². The lowest BCUT2D eigenvalue weighted by atomic mass is 9.95. The molecule has 0 saturated carbocycles. The van der Waals surface area contributed by atoms with Crippen molar-refractivity contribution in [1.82, 2.24) is 15.1 Å². The van der Waals surface area contributed by atoms with E-state index < -0.39 is 0 Å². The van der Waals surface area contributed by atoms with Crippen molar-refractivity contribution >= 4 is 29.1 Å². The van der Waals surface area contributed by atoms with E-state index in [0.717, 1.165) is 76.5 Å². The van der Waals surface area contributed by atoms with Crippen LogP contribution in [-0.4, -0.2) is 55.1 Å². The molecule has 0 atom stereocenters. The lowest BCUT2D eigenvalue weighted by Gasteiger charge is -2.31. The minimum atomic E-state index is 0.0635. The maximum Gasteiger partial charge on any atom is 0.223 e. The Kier molecular flexibility index (Phi) is 8.44. The van der Waals surface area contributed by atoms with E-state index in [0.29, 0.717) is 16.6 Å². The summed E-state index contributed by atoms with van der Waals surface area (Å²) < 4.78 is 5.41. The highest BCUT2D eigenvalue weighted by Crippen LogP contribution is 2.27. The van der Waals surface area contributed by atoms with E-state index in [1.54, 1.807) is 0 Å². The van der Waals surface area contributed by atoms with E-state index in [1.807, 2.05) is 18.2 Å². The Morgan fingerprint density at radius 2 is 1.47 bits per heavy atom. The van der Waals surface area contributed by atoms with Crippen molar-refractivity contribution < 1.29 is 9.53 Å². The fraction of sp³-hybridized carbons (Fsp3) is 0.480. The molecule has 0 radical (unpaired) electrons. The number of halogens is 2. The van der Waals surface area contributed by atoms with Crippen LogP contribution in [0, 0.1) is 5.92 Å². The second-order valence-electron chi connectivity index (χ2n) is 8.67. The topological polar surface area (TPSA) is 44.8 Å². The zero-order chi connectivity index (χ0) is 22.3. The normalized spacial score (nSPS) is 18.6. The first-order valence-corrected chi connectivity index (χ1v) is 12.1. The predicted octanol–water partition coefficient (Wildman–Crippen LogP) is 4.35. The van der Waals surface area contributed by atoms with E-state index in [4.69, 9.17) is 27.9 Å². The number of ether oxygens (including phenoxy) is 1. The summed E-state index contributed by atoms with van der Waals surface area (Å²) >= 11 is 12.6. The van der Waals surface area contributed by atoms with Crippen LogP contribution in [0.4, 0.5) is 0 Å². The quantitative estimate of drug-likeness (QED) is 0.646. The van der Waals surface area contributed by atoms with Gasteiger partial charge in [-0.15, -0.1) is 0 Å². The van der Waals surface area contributed by atoms with Crippen molar-refractivity contribution in [3.63, 3.8) is 0 Å². The van der Waals surface area contributed by atoms with Crippen molar-refractivity contribution in [2.24, 2.45) is 5.92 Å². The molecule has 2 aromatic rings. The highest BCUT2D eigenvalue weighted by molar-refractivity contribution is 6.35. The van der Waals surface area contributed by atoms with Gasteiger partial charge in [0.05, 0.1) is 13.2 Å². The van der Waals surface area contributed by atoms with Gasteiger partial charge in [0, 0.05) is 54.3 Å². The third kappa shape index (κ3) is 6.46. The molecule has 2 aliphatic rings. The Balaban J connectivity index is 1.19. The van der Waals surface area contributed by atoms with Crippen molar-refractivity contribution in [1.29, 1.82) is 0 Å². The molecule has 4 rings (SSSR count). The summed E-state index contributed by atoms with van der Waals surface area (Å²) in [6.07, 6.45) is 1.71. The van der Waals surface area contributed by atoms with Crippen LogP contribution in [0.2, 0.25) is 10.0 Å². The van der Waals surface area contributed by atoms with E-state index in [2.05, 4.69) is 39.4 Å². The van der Waals surface area contributed by atoms with Gasteiger partial charge in [-0.3, -0.25) is 14.6 Å². The second-order valence-corrected chi connectivity index (χ2v) is 9.49. The number of nitrogens with zero attached hydrogens (tertiary/aromatic N) is 2. The van der Waals surface area contributed by atoms with Crippen molar-refractivity contribution in [3.8, 4) is 0 Å². The molecule has 2 aromatic carbocycles. The van der Waals surface area contributed by atoms with Crippen LogP contribution in [0.15, 0.2) is 42.5 Å². The van der Waals surface area contributed by atoms with Crippen LogP contribution >= 0.6 is 23.2 Å². The standard InChI is InChI=1S/C25H31Cl2N3O2/c26-23-2-1-3-24(27)22(23)18-29-10-8-21(9-11-29)25(31)28-16-19-4-6-20(7-5-19)17-30-12-14-32-15-13-30/h1-7,21H,8-18H2,(H,28,31). The average molecular weight is 476 g/mol. The third-order valence-corrected chi connectivity index (χ3v) is 7.11. The third-order valence-electron chi connectivity index (χ3n) is 6.40. The number of hydrogen-bond acceptors (Lipinski definition) is 4. The first kappa shape index (κ1) is 23.5. The van der Waals surface area contributed by atoms with Crippen molar-refractivity contribution in [3.05, 3.63) is 69.2 Å². The van der Waals surface area contributed by atoms with Crippen molar-refractivity contribution in [2.75, 3.05) is 39.4 Å². The van der Waals surface area contributed by atoms with Gasteiger partial charge in [-0.05, 0) is 49.2 Å². The molecule has 172 valence electrons. The lowest BCUT2D eigenvalue weighted by Crippen LogP contribution is -2.40. The van der Waals surface area contributed by atoms with E-state index in [9.17, 15) is 4.79 Å². The molecule has 2 aliphatic heterocycles. The number of rotatable bonds is 7. The molecule has 0 bridgehead atoms. The van der Waals surface area contributed by atoms with Gasteiger partial charge in [-0.1, -0.05) is 53.5 Å². The molecule has 0 aromatic heterocycles. The summed E-state index contributed by atoms with van der Waals surface area (Å²) in [6.45, 7) is 7.60. The molecular formula is C25H31Cl2N3O2. The Hall–Kier alpha value is -1.63. The highest BCUT2D eigenvalue weighted by Gasteiger charge is 2.25. The maximum atomic E-state index is 12.7. The molecule has 0 aliphatic carbocycles. The van der Waals surface area contributed by atoms with Crippen molar-refractivity contribution in [2.45, 2.75) is 32.5 Å². The minimum Gasteiger partial charge on any atom is -0.379 e. The molecular weight excluding hydrogens is 445 g/mol. The Bertz CT molecular complexity index is 872. The molecule has 32 heavy (non-hydrogen) atoms. The zero-order valence-electron chi connectivity index (χ0n) is 18.4. The monoisotopic (exact) mass is 475 g/mol. The second kappa shape index (κ2) is 11.5. The summed E-state index contributed by atoms with van der Waals surface area (Å²) in [6, 6.07) is 14.2. The van der Waals surface area contributed by atoms with Crippen LogP contribution in [-0.2, 0) is 29.2 Å². The first-order chi connectivity index (χ1) is 15.6. The molecule has 1 amide bonds. The van der Waals surface area contributed by atoms with E-state index >= 15 is 0 Å². The molecule has 0 unspecified atom stereocenters. The van der Waals surface area contributed by atoms with Gasteiger partial charge in [-0.2, -0.15) is 0 Å². The average Bonchev–Trinajstić information content (AvgIpc) is 2.82. The molecule has 5 nitrogen and oxygen atoms in total. The number of nitrogens with one attached hydrogen (secondary N) is 1. The molecule has 7 heteroatoms. The molecule has 0 spiro atoms. The first-order valence-electron chi connectivity index (χ1n) is 11.4. The number of likely N-dealkylation sites (tertiary alicyclic amines) is 1. The number of piperidine rings is 1. The fourth-order valence-electron chi connectivity index (χ4n) is 4.37. The number of carbonyl (C=O) groups excluding carboxylic acids is 1. The minimum absolute atomic E-state index is 0.0635. The van der Waals surface area contributed by atoms with Gasteiger partial charge < -0.3 is 10.1 Å². The van der Waals surface area contributed by atoms with Gasteiger partial charge in [0.25, 0.3) is 0 Å². The SMILES string of the molecule is O=C(NCc1ccc(CN2CCOCC2)cc1)C1CCN(Cc2c(Cl)cccc2Cl)CC1. The van der Waals surface area contributed by atoms with E-state index in [-0.39, 0.29) is 11.8 Å². The van der Waals surface area contributed by atoms with Gasteiger partial charge in [0.15, 0.2) is 0 Å². The number of benzene rings is 2. The molecule has 2 fully saturated rings. The Labute approximate surface area is 200 Å². The zero-order valence-corrected chi connectivity index (χ0v) is 19.9. The highest BCUT2D eigenvalue weighted by atomic mass is 35.5. The number of hydrogen-bond donors (Lipinski definition) is 1. The summed E-state index contributed by atoms with van der Waals surface area (Å²) in [5, 5.41) is 4.53. The van der Waals surface area contributed by atoms with Crippen LogP contribution < -0.4 is 5.32 Å². The Morgan fingerprint density at radius 1 is 0.875 bits per heavy atom. The number of morpholine rings is 1. The summed E-state index contributed by atoms with van der Waals surface area (Å²) in [5.74, 6) is 0.214. The number of amides is 1. The molecule has 2 heterocycles. The maximum absolute atomic E-state index is 12.7. The Morgan fingerprint density at radius 3 is 2.12 bits per heavy atom. The van der Waals surface area contributed by atoms with E-state index in [1.165, 1.54) is 5.56 Å². The molecule has 2 saturated heterocycles. The molecule has 1 N–H and O–H groups in total. The fourth-order valence-corrected chi connectivity index (χ4v) is 4.89. The van der Waals surface area contributed by atoms with Crippen LogP contribution in [0.3, 0.4) is 0 Å². The van der Waals surface area contributed by atoms with Crippen LogP contribution in [0.1, 0.15) is 29.5 Å². The van der Waals surface area contributed by atoms with Gasteiger partial charge in [0.2, 0.25) is 5.91 Å². The van der Waals surface area contributed by atoms with Gasteiger partial charge in [-0.25, -0.2) is 0 Å². The predicted molar refractivity (Wildman–Crippen MR) is 129 cm³/mol. The number of carbonyl (C=O) groups is 1. The van der Waals surface area contributed by atoms with Gasteiger partial charge >= 0.3 is 0 Å². The summed E-state index contributed by atoms with van der Waals surface area (Å²) in [5.41, 5.74) is 3.40. The van der Waals surface area contributed by atoms with Crippen LogP contribution in [0.25, 0.3) is 0 Å². The lowest BCUT2D eigenvalue weighted by molar-refractivity contribution is -0.126. The van der Waals surface area contributed by atoms with Crippen LogP contribution in [0.5, 0.6) is 0 Å². The smallest absolute Gasteiger partial charge is 0.223 e. The summed E-state index contributed by atoms with van der Waals surface area (Å²) in [7, 11) is 0.